The van der Waals surface area contributed by atoms with Crippen LogP contribution in [-0.2, 0) is 23.8 Å². The number of rotatable bonds is 11. The molecule has 1 rings (SSSR count). The highest BCUT2D eigenvalue weighted by Crippen LogP contribution is 2.34. The first-order chi connectivity index (χ1) is 10.7. The van der Waals surface area contributed by atoms with Gasteiger partial charge in [-0.05, 0) is 25.2 Å². The van der Waals surface area contributed by atoms with E-state index in [2.05, 4.69) is 19.1 Å². The van der Waals surface area contributed by atoms with Crippen molar-refractivity contribution in [1.29, 1.82) is 0 Å². The second-order valence-electron chi connectivity index (χ2n) is 5.52. The van der Waals surface area contributed by atoms with E-state index in [1.54, 1.807) is 7.11 Å². The Morgan fingerprint density at radius 1 is 1.23 bits per heavy atom. The van der Waals surface area contributed by atoms with E-state index < -0.39 is 0 Å². The van der Waals surface area contributed by atoms with E-state index in [1.165, 1.54) is 0 Å². The van der Waals surface area contributed by atoms with Crippen LogP contribution < -0.4 is 0 Å². The normalized spacial score (nSPS) is 21.6. The van der Waals surface area contributed by atoms with Crippen molar-refractivity contribution in [2.75, 3.05) is 33.5 Å². The van der Waals surface area contributed by atoms with Gasteiger partial charge in [-0.25, -0.2) is 0 Å². The zero-order valence-corrected chi connectivity index (χ0v) is 13.7. The van der Waals surface area contributed by atoms with Gasteiger partial charge < -0.3 is 14.2 Å². The van der Waals surface area contributed by atoms with E-state index >= 15 is 0 Å². The Morgan fingerprint density at radius 3 is 2.73 bits per heavy atom. The van der Waals surface area contributed by atoms with Crippen molar-refractivity contribution in [3.63, 3.8) is 0 Å². The summed E-state index contributed by atoms with van der Waals surface area (Å²) in [5.74, 6) is 0.144. The molecule has 1 fully saturated rings. The van der Waals surface area contributed by atoms with Crippen LogP contribution in [-0.4, -0.2) is 45.3 Å². The SMILES string of the molecule is CC/C=C\CC1C(=O)CCC1CC(=O)OCCOCCOC. The molecule has 0 bridgehead atoms. The van der Waals surface area contributed by atoms with Gasteiger partial charge in [-0.2, -0.15) is 0 Å². The van der Waals surface area contributed by atoms with Crippen LogP contribution in [0, 0.1) is 11.8 Å². The van der Waals surface area contributed by atoms with Crippen LogP contribution in [0.1, 0.15) is 39.0 Å². The van der Waals surface area contributed by atoms with Crippen molar-refractivity contribution in [1.82, 2.24) is 0 Å². The van der Waals surface area contributed by atoms with E-state index in [0.29, 0.717) is 32.7 Å². The van der Waals surface area contributed by atoms with Gasteiger partial charge in [0, 0.05) is 25.9 Å². The van der Waals surface area contributed by atoms with Crippen LogP contribution in [0.2, 0.25) is 0 Å². The smallest absolute Gasteiger partial charge is 0.306 e. The summed E-state index contributed by atoms with van der Waals surface area (Å²) in [4.78, 5) is 23.7. The Balaban J connectivity index is 2.24. The van der Waals surface area contributed by atoms with Gasteiger partial charge in [0.2, 0.25) is 0 Å². The van der Waals surface area contributed by atoms with E-state index in [-0.39, 0.29) is 30.2 Å². The summed E-state index contributed by atoms with van der Waals surface area (Å²) >= 11 is 0. The Kier molecular flexibility index (Phi) is 9.75. The molecule has 0 saturated heterocycles. The lowest BCUT2D eigenvalue weighted by Gasteiger charge is -2.16. The van der Waals surface area contributed by atoms with E-state index in [4.69, 9.17) is 14.2 Å². The van der Waals surface area contributed by atoms with Crippen LogP contribution >= 0.6 is 0 Å². The number of methoxy groups -OCH3 is 1. The van der Waals surface area contributed by atoms with Gasteiger partial charge in [-0.15, -0.1) is 0 Å². The number of esters is 1. The lowest BCUT2D eigenvalue weighted by Crippen LogP contribution is -2.20. The van der Waals surface area contributed by atoms with Crippen molar-refractivity contribution < 1.29 is 23.8 Å². The van der Waals surface area contributed by atoms with Gasteiger partial charge in [0.1, 0.15) is 12.4 Å². The number of carbonyl (C=O) groups excluding carboxylic acids is 2. The summed E-state index contributed by atoms with van der Waals surface area (Å²) in [6.45, 7) is 3.73. The molecule has 2 atom stereocenters. The number of hydrogen-bond acceptors (Lipinski definition) is 5. The molecule has 5 heteroatoms. The Morgan fingerprint density at radius 2 is 2.00 bits per heavy atom. The number of ketones is 1. The molecule has 0 heterocycles. The molecule has 0 radical (unpaired) electrons. The number of ether oxygens (including phenoxy) is 3. The first-order valence-corrected chi connectivity index (χ1v) is 8.09. The Labute approximate surface area is 133 Å². The third-order valence-corrected chi connectivity index (χ3v) is 3.89. The number of allylic oxidation sites excluding steroid dienone is 2. The summed E-state index contributed by atoms with van der Waals surface area (Å²) in [7, 11) is 1.61. The first kappa shape index (κ1) is 18.8. The van der Waals surface area contributed by atoms with Crippen molar-refractivity contribution in [2.45, 2.75) is 39.0 Å². The fourth-order valence-corrected chi connectivity index (χ4v) is 2.69. The van der Waals surface area contributed by atoms with Gasteiger partial charge in [0.05, 0.1) is 19.8 Å². The third-order valence-electron chi connectivity index (χ3n) is 3.89. The summed E-state index contributed by atoms with van der Waals surface area (Å²) in [5, 5.41) is 0. The highest BCUT2D eigenvalue weighted by molar-refractivity contribution is 5.84. The van der Waals surface area contributed by atoms with E-state index in [0.717, 1.165) is 19.3 Å². The van der Waals surface area contributed by atoms with Crippen molar-refractivity contribution in [2.24, 2.45) is 11.8 Å². The van der Waals surface area contributed by atoms with E-state index in [1.807, 2.05) is 0 Å². The minimum atomic E-state index is -0.237. The van der Waals surface area contributed by atoms with Gasteiger partial charge >= 0.3 is 5.97 Å². The van der Waals surface area contributed by atoms with Gasteiger partial charge in [-0.3, -0.25) is 9.59 Å². The molecule has 5 nitrogen and oxygen atoms in total. The quantitative estimate of drug-likeness (QED) is 0.333. The van der Waals surface area contributed by atoms with Gasteiger partial charge in [-0.1, -0.05) is 19.1 Å². The largest absolute Gasteiger partial charge is 0.463 e. The predicted octanol–water partition coefficient (Wildman–Crippen LogP) is 2.53. The number of carbonyl (C=O) groups is 2. The first-order valence-electron chi connectivity index (χ1n) is 8.09. The van der Waals surface area contributed by atoms with Crippen molar-refractivity contribution in [3.05, 3.63) is 12.2 Å². The fourth-order valence-electron chi connectivity index (χ4n) is 2.69. The molecule has 2 unspecified atom stereocenters. The molecule has 0 amide bonds. The van der Waals surface area contributed by atoms with Crippen LogP contribution in [0.4, 0.5) is 0 Å². The third kappa shape index (κ3) is 7.18. The summed E-state index contributed by atoms with van der Waals surface area (Å²) in [6, 6.07) is 0. The number of hydrogen-bond donors (Lipinski definition) is 0. The minimum Gasteiger partial charge on any atom is -0.463 e. The van der Waals surface area contributed by atoms with Crippen molar-refractivity contribution >= 4 is 11.8 Å². The zero-order chi connectivity index (χ0) is 16.2. The molecule has 0 aliphatic heterocycles. The maximum Gasteiger partial charge on any atom is 0.306 e. The molecule has 0 aromatic rings. The minimum absolute atomic E-state index is 0.0201. The second-order valence-corrected chi connectivity index (χ2v) is 5.52. The van der Waals surface area contributed by atoms with Crippen LogP contribution in [0.5, 0.6) is 0 Å². The number of Topliss-reactive ketones (excluding diaryl/α,β-unsaturated/α-hetero) is 1. The van der Waals surface area contributed by atoms with Crippen LogP contribution in [0.3, 0.4) is 0 Å². The highest BCUT2D eigenvalue weighted by Gasteiger charge is 2.35. The molecule has 1 saturated carbocycles. The summed E-state index contributed by atoms with van der Waals surface area (Å²) in [5.41, 5.74) is 0. The molecule has 22 heavy (non-hydrogen) atoms. The highest BCUT2D eigenvalue weighted by atomic mass is 16.6. The molecular formula is C17H28O5. The molecular weight excluding hydrogens is 284 g/mol. The molecule has 1 aliphatic carbocycles. The molecule has 1 aliphatic rings. The molecule has 0 N–H and O–H groups in total. The lowest BCUT2D eigenvalue weighted by molar-refractivity contribution is -0.146. The zero-order valence-electron chi connectivity index (χ0n) is 13.7. The van der Waals surface area contributed by atoms with Crippen LogP contribution in [0.25, 0.3) is 0 Å². The van der Waals surface area contributed by atoms with Crippen LogP contribution in [0.15, 0.2) is 12.2 Å². The summed E-state index contributed by atoms with van der Waals surface area (Å²) in [6.07, 6.45) is 7.54. The Hall–Kier alpha value is -1.20. The fraction of sp³-hybridized carbons (Fsp3) is 0.765. The molecule has 0 aromatic heterocycles. The topological polar surface area (TPSA) is 61.8 Å². The maximum absolute atomic E-state index is 11.9. The van der Waals surface area contributed by atoms with E-state index in [9.17, 15) is 9.59 Å². The lowest BCUT2D eigenvalue weighted by atomic mass is 9.89. The molecule has 126 valence electrons. The predicted molar refractivity (Wildman–Crippen MR) is 83.5 cm³/mol. The summed E-state index contributed by atoms with van der Waals surface area (Å²) < 4.78 is 15.2. The average Bonchev–Trinajstić information content (AvgIpc) is 2.84. The van der Waals surface area contributed by atoms with Crippen molar-refractivity contribution in [3.8, 4) is 0 Å². The monoisotopic (exact) mass is 312 g/mol. The standard InChI is InChI=1S/C17H28O5/c1-3-4-5-6-15-14(7-8-16(15)18)13-17(19)22-12-11-21-10-9-20-2/h4-5,14-15H,3,6-13H2,1-2H3/b5-4-. The van der Waals surface area contributed by atoms with Gasteiger partial charge in [0.15, 0.2) is 0 Å². The second kappa shape index (κ2) is 11.4. The van der Waals surface area contributed by atoms with Gasteiger partial charge in [0.25, 0.3) is 0 Å². The molecule has 0 aromatic carbocycles. The molecule has 0 spiro atoms. The maximum atomic E-state index is 11.9. The average molecular weight is 312 g/mol. The Bertz CT molecular complexity index is 364.